The molecule has 0 amide bonds. The molecule has 0 radical (unpaired) electrons. The molecule has 4 rings (SSSR count). The summed E-state index contributed by atoms with van der Waals surface area (Å²) in [7, 11) is 0. The number of nitrogens with one attached hydrogen (secondary N) is 1. The molecule has 1 saturated carbocycles. The van der Waals surface area contributed by atoms with Crippen LogP contribution in [0.3, 0.4) is 0 Å². The van der Waals surface area contributed by atoms with Crippen LogP contribution < -0.4 is 10.1 Å². The predicted molar refractivity (Wildman–Crippen MR) is 94.8 cm³/mol. The molecule has 10 heteroatoms. The van der Waals surface area contributed by atoms with Gasteiger partial charge in [0.05, 0.1) is 5.39 Å². The summed E-state index contributed by atoms with van der Waals surface area (Å²) in [5.74, 6) is -1.50. The third-order valence-electron chi connectivity index (χ3n) is 4.34. The number of alkyl halides is 3. The van der Waals surface area contributed by atoms with Gasteiger partial charge in [0, 0.05) is 16.8 Å². The second-order valence-corrected chi connectivity index (χ2v) is 7.84. The Bertz CT molecular complexity index is 1040. The molecule has 1 aliphatic rings. The number of aromatic nitrogens is 2. The SMILES string of the molecule is Cc1cc2c(N[C@@H]3C[C@H]3c3ccc(F)c(F)c3)nc(OCC(F)(F)F)nc2s1. The van der Waals surface area contributed by atoms with Gasteiger partial charge in [0.15, 0.2) is 18.2 Å². The molecule has 1 aliphatic carbocycles. The van der Waals surface area contributed by atoms with Crippen molar-refractivity contribution in [2.75, 3.05) is 11.9 Å². The van der Waals surface area contributed by atoms with E-state index in [1.807, 2.05) is 13.0 Å². The van der Waals surface area contributed by atoms with Gasteiger partial charge in [0.1, 0.15) is 10.6 Å². The highest BCUT2D eigenvalue weighted by molar-refractivity contribution is 7.18. The number of hydrogen-bond donors (Lipinski definition) is 1. The number of rotatable bonds is 5. The van der Waals surface area contributed by atoms with Crippen molar-refractivity contribution in [2.24, 2.45) is 0 Å². The number of anilines is 1. The lowest BCUT2D eigenvalue weighted by molar-refractivity contribution is -0.154. The van der Waals surface area contributed by atoms with Gasteiger partial charge in [-0.2, -0.15) is 23.1 Å². The maximum Gasteiger partial charge on any atom is 0.422 e. The largest absolute Gasteiger partial charge is 0.454 e. The van der Waals surface area contributed by atoms with Gasteiger partial charge in [-0.1, -0.05) is 6.07 Å². The topological polar surface area (TPSA) is 47.0 Å². The zero-order valence-corrected chi connectivity index (χ0v) is 15.3. The Morgan fingerprint density at radius 3 is 2.68 bits per heavy atom. The zero-order valence-electron chi connectivity index (χ0n) is 14.5. The number of benzene rings is 1. The van der Waals surface area contributed by atoms with Crippen molar-refractivity contribution in [3.05, 3.63) is 46.3 Å². The van der Waals surface area contributed by atoms with Crippen LogP contribution in [-0.2, 0) is 0 Å². The number of aryl methyl sites for hydroxylation is 1. The van der Waals surface area contributed by atoms with Crippen LogP contribution in [-0.4, -0.2) is 28.8 Å². The summed E-state index contributed by atoms with van der Waals surface area (Å²) < 4.78 is 68.5. The van der Waals surface area contributed by atoms with Crippen molar-refractivity contribution in [2.45, 2.75) is 31.5 Å². The van der Waals surface area contributed by atoms with Gasteiger partial charge in [0.2, 0.25) is 0 Å². The van der Waals surface area contributed by atoms with E-state index in [0.29, 0.717) is 28.0 Å². The van der Waals surface area contributed by atoms with Crippen molar-refractivity contribution in [3.8, 4) is 6.01 Å². The molecule has 2 aromatic heterocycles. The lowest BCUT2D eigenvalue weighted by Gasteiger charge is -2.11. The number of ether oxygens (including phenoxy) is 1. The summed E-state index contributed by atoms with van der Waals surface area (Å²) in [5, 5.41) is 3.85. The monoisotopic (exact) mass is 415 g/mol. The minimum atomic E-state index is -4.49. The molecule has 0 saturated heterocycles. The van der Waals surface area contributed by atoms with E-state index in [0.717, 1.165) is 17.0 Å². The Kier molecular flexibility index (Phi) is 4.60. The maximum absolute atomic E-state index is 13.4. The standard InChI is InChI=1S/C18H14F5N3OS/c1-8-4-11-15(25-17(26-16(11)28-8)27-7-18(21,22)23)24-14-6-10(14)9-2-3-12(19)13(20)5-9/h2-5,10,14H,6-7H2,1H3,(H,24,25,26)/t10-,14+/m0/s1. The first-order chi connectivity index (χ1) is 13.2. The van der Waals surface area contributed by atoms with Crippen LogP contribution >= 0.6 is 11.3 Å². The Labute approximate surface area is 160 Å². The maximum atomic E-state index is 13.4. The Balaban J connectivity index is 1.56. The van der Waals surface area contributed by atoms with E-state index >= 15 is 0 Å². The molecular formula is C18H14F5N3OS. The van der Waals surface area contributed by atoms with Crippen LogP contribution in [0.15, 0.2) is 24.3 Å². The summed E-state index contributed by atoms with van der Waals surface area (Å²) in [5.41, 5.74) is 0.650. The van der Waals surface area contributed by atoms with E-state index in [1.165, 1.54) is 17.4 Å². The van der Waals surface area contributed by atoms with E-state index in [-0.39, 0.29) is 18.0 Å². The fraction of sp³-hybridized carbons (Fsp3) is 0.333. The average molecular weight is 415 g/mol. The summed E-state index contributed by atoms with van der Waals surface area (Å²) in [6.07, 6.45) is -3.83. The quantitative estimate of drug-likeness (QED) is 0.583. The zero-order chi connectivity index (χ0) is 20.1. The van der Waals surface area contributed by atoms with E-state index < -0.39 is 24.4 Å². The lowest BCUT2D eigenvalue weighted by atomic mass is 10.1. The predicted octanol–water partition coefficient (Wildman–Crippen LogP) is 5.19. The highest BCUT2D eigenvalue weighted by Gasteiger charge is 2.39. The fourth-order valence-corrected chi connectivity index (χ4v) is 3.86. The molecule has 3 aromatic rings. The normalized spacial score (nSPS) is 19.1. The fourth-order valence-electron chi connectivity index (χ4n) is 2.98. The Hall–Kier alpha value is -2.49. The third-order valence-corrected chi connectivity index (χ3v) is 5.29. The Morgan fingerprint density at radius 1 is 1.18 bits per heavy atom. The van der Waals surface area contributed by atoms with E-state index in [2.05, 4.69) is 15.3 Å². The minimum Gasteiger partial charge on any atom is -0.454 e. The molecule has 0 bridgehead atoms. The summed E-state index contributed by atoms with van der Waals surface area (Å²) in [6.45, 7) is 0.372. The van der Waals surface area contributed by atoms with Crippen LogP contribution in [0.5, 0.6) is 6.01 Å². The van der Waals surface area contributed by atoms with Crippen LogP contribution in [0.4, 0.5) is 27.8 Å². The molecule has 2 heterocycles. The molecule has 148 valence electrons. The smallest absolute Gasteiger partial charge is 0.422 e. The number of nitrogens with zero attached hydrogens (tertiary/aromatic N) is 2. The first-order valence-electron chi connectivity index (χ1n) is 8.39. The van der Waals surface area contributed by atoms with Gasteiger partial charge in [-0.3, -0.25) is 0 Å². The summed E-state index contributed by atoms with van der Waals surface area (Å²) in [6, 6.07) is 5.13. The highest BCUT2D eigenvalue weighted by atomic mass is 32.1. The minimum absolute atomic E-state index is 0.0422. The molecular weight excluding hydrogens is 401 g/mol. The molecule has 28 heavy (non-hydrogen) atoms. The molecule has 1 N–H and O–H groups in total. The second kappa shape index (κ2) is 6.84. The van der Waals surface area contributed by atoms with Crippen LogP contribution in [0, 0.1) is 18.6 Å². The Morgan fingerprint density at radius 2 is 1.96 bits per heavy atom. The van der Waals surface area contributed by atoms with Crippen LogP contribution in [0.2, 0.25) is 0 Å². The van der Waals surface area contributed by atoms with Gasteiger partial charge in [0.25, 0.3) is 0 Å². The first-order valence-corrected chi connectivity index (χ1v) is 9.20. The number of thiophene rings is 1. The number of fused-ring (bicyclic) bond motifs is 1. The van der Waals surface area contributed by atoms with Crippen molar-refractivity contribution in [1.82, 2.24) is 9.97 Å². The van der Waals surface area contributed by atoms with Gasteiger partial charge in [-0.15, -0.1) is 11.3 Å². The number of halogens is 5. The molecule has 1 aromatic carbocycles. The molecule has 2 atom stereocenters. The second-order valence-electron chi connectivity index (χ2n) is 6.60. The van der Waals surface area contributed by atoms with Gasteiger partial charge in [-0.25, -0.2) is 8.78 Å². The summed E-state index contributed by atoms with van der Waals surface area (Å²) in [4.78, 5) is 9.56. The van der Waals surface area contributed by atoms with Crippen molar-refractivity contribution in [1.29, 1.82) is 0 Å². The van der Waals surface area contributed by atoms with E-state index in [9.17, 15) is 22.0 Å². The molecule has 0 unspecified atom stereocenters. The van der Waals surface area contributed by atoms with E-state index in [1.54, 1.807) is 0 Å². The molecule has 0 aliphatic heterocycles. The lowest BCUT2D eigenvalue weighted by Crippen LogP contribution is -2.20. The van der Waals surface area contributed by atoms with Crippen molar-refractivity contribution < 1.29 is 26.7 Å². The van der Waals surface area contributed by atoms with Gasteiger partial charge >= 0.3 is 12.2 Å². The highest BCUT2D eigenvalue weighted by Crippen LogP contribution is 2.44. The van der Waals surface area contributed by atoms with Crippen molar-refractivity contribution >= 4 is 27.4 Å². The average Bonchev–Trinajstić information content (AvgIpc) is 3.26. The van der Waals surface area contributed by atoms with Crippen LogP contribution in [0.25, 0.3) is 10.2 Å². The third kappa shape index (κ3) is 4.01. The molecule has 1 fully saturated rings. The van der Waals surface area contributed by atoms with Crippen LogP contribution in [0.1, 0.15) is 22.8 Å². The summed E-state index contributed by atoms with van der Waals surface area (Å²) >= 11 is 1.32. The molecule has 4 nitrogen and oxygen atoms in total. The molecule has 0 spiro atoms. The van der Waals surface area contributed by atoms with Crippen molar-refractivity contribution in [3.63, 3.8) is 0 Å². The van der Waals surface area contributed by atoms with Gasteiger partial charge in [-0.05, 0) is 37.1 Å². The number of hydrogen-bond acceptors (Lipinski definition) is 5. The van der Waals surface area contributed by atoms with Gasteiger partial charge < -0.3 is 10.1 Å². The van der Waals surface area contributed by atoms with E-state index in [4.69, 9.17) is 4.74 Å². The first kappa shape index (κ1) is 18.9.